The molecule has 0 aliphatic rings. The molecule has 6 N–H and O–H groups in total. The van der Waals surface area contributed by atoms with Crippen molar-refractivity contribution < 1.29 is 4.42 Å². The highest BCUT2D eigenvalue weighted by Crippen LogP contribution is 2.28. The van der Waals surface area contributed by atoms with Gasteiger partial charge in [0.25, 0.3) is 0 Å². The SMILES string of the molecule is NN=C(CSc1n[nH]c(-c2ccc(-c3cnc4ccccc4c3)o2)n1)NN. The Morgan fingerprint density at radius 3 is 2.93 bits per heavy atom. The molecule has 3 heterocycles. The number of H-pyrrole nitrogens is 1. The molecule has 0 unspecified atom stereocenters. The van der Waals surface area contributed by atoms with Gasteiger partial charge in [-0.25, -0.2) is 5.84 Å². The Morgan fingerprint density at radius 2 is 2.07 bits per heavy atom. The van der Waals surface area contributed by atoms with Gasteiger partial charge in [-0.15, -0.1) is 5.10 Å². The first-order chi connectivity index (χ1) is 13.3. The van der Waals surface area contributed by atoms with E-state index >= 15 is 0 Å². The summed E-state index contributed by atoms with van der Waals surface area (Å²) in [5.41, 5.74) is 4.25. The molecule has 0 amide bonds. The summed E-state index contributed by atoms with van der Waals surface area (Å²) >= 11 is 1.34. The number of furan rings is 1. The second-order valence-corrected chi connectivity index (χ2v) is 6.50. The summed E-state index contributed by atoms with van der Waals surface area (Å²) in [5.74, 6) is 13.2. The fourth-order valence-corrected chi connectivity index (χ4v) is 3.19. The van der Waals surface area contributed by atoms with Crippen LogP contribution in [0.15, 0.2) is 63.3 Å². The maximum atomic E-state index is 5.93. The van der Waals surface area contributed by atoms with Gasteiger partial charge < -0.3 is 15.7 Å². The summed E-state index contributed by atoms with van der Waals surface area (Å²) in [6.07, 6.45) is 1.79. The van der Waals surface area contributed by atoms with Gasteiger partial charge in [-0.3, -0.25) is 10.1 Å². The van der Waals surface area contributed by atoms with Crippen LogP contribution in [0.2, 0.25) is 0 Å². The van der Waals surface area contributed by atoms with Gasteiger partial charge in [0, 0.05) is 17.1 Å². The summed E-state index contributed by atoms with van der Waals surface area (Å²) in [4.78, 5) is 8.86. The number of benzene rings is 1. The first kappa shape index (κ1) is 17.1. The number of hydrogen-bond donors (Lipinski definition) is 4. The topological polar surface area (TPSA) is 144 Å². The van der Waals surface area contributed by atoms with Gasteiger partial charge in [0.15, 0.2) is 11.6 Å². The van der Waals surface area contributed by atoms with Crippen LogP contribution in [0.5, 0.6) is 0 Å². The Kier molecular flexibility index (Phi) is 4.73. The molecule has 0 fully saturated rings. The summed E-state index contributed by atoms with van der Waals surface area (Å²) in [5, 5.41) is 12.1. The van der Waals surface area contributed by atoms with Gasteiger partial charge in [0.05, 0.1) is 11.3 Å². The van der Waals surface area contributed by atoms with Gasteiger partial charge in [0.2, 0.25) is 5.16 Å². The van der Waals surface area contributed by atoms with E-state index in [0.717, 1.165) is 16.5 Å². The Labute approximate surface area is 158 Å². The van der Waals surface area contributed by atoms with Gasteiger partial charge in [-0.1, -0.05) is 30.0 Å². The lowest BCUT2D eigenvalue weighted by Crippen LogP contribution is -2.33. The number of aromatic nitrogens is 4. The highest BCUT2D eigenvalue weighted by molar-refractivity contribution is 7.99. The van der Waals surface area contributed by atoms with Gasteiger partial charge in [-0.05, 0) is 24.3 Å². The van der Waals surface area contributed by atoms with E-state index in [-0.39, 0.29) is 0 Å². The molecule has 0 bridgehead atoms. The molecule has 0 radical (unpaired) electrons. The van der Waals surface area contributed by atoms with Crippen molar-refractivity contribution in [3.8, 4) is 22.9 Å². The van der Waals surface area contributed by atoms with Crippen molar-refractivity contribution in [3.63, 3.8) is 0 Å². The van der Waals surface area contributed by atoms with E-state index in [1.165, 1.54) is 11.8 Å². The molecule has 27 heavy (non-hydrogen) atoms. The lowest BCUT2D eigenvalue weighted by Gasteiger charge is -2.00. The first-order valence-electron chi connectivity index (χ1n) is 8.01. The first-order valence-corrected chi connectivity index (χ1v) is 8.99. The van der Waals surface area contributed by atoms with Crippen molar-refractivity contribution in [2.75, 3.05) is 5.75 Å². The third kappa shape index (κ3) is 3.61. The molecular weight excluding hydrogens is 364 g/mol. The van der Waals surface area contributed by atoms with E-state index in [1.54, 1.807) is 6.20 Å². The molecule has 1 aromatic carbocycles. The average Bonchev–Trinajstić information content (AvgIpc) is 3.38. The number of fused-ring (bicyclic) bond motifs is 1. The van der Waals surface area contributed by atoms with Gasteiger partial charge in [0.1, 0.15) is 11.6 Å². The Morgan fingerprint density at radius 1 is 1.22 bits per heavy atom. The van der Waals surface area contributed by atoms with E-state index in [0.29, 0.717) is 34.1 Å². The van der Waals surface area contributed by atoms with E-state index in [4.69, 9.17) is 16.1 Å². The number of thioether (sulfide) groups is 1. The molecule has 0 saturated heterocycles. The summed E-state index contributed by atoms with van der Waals surface area (Å²) in [6.45, 7) is 0. The standard InChI is InChI=1S/C17H16N8OS/c18-22-15(23-19)9-27-17-21-16(24-25-17)14-6-5-13(26-14)11-7-10-3-1-2-4-12(10)20-8-11/h1-8H,9,18-19H2,(H,22,23)(H,21,24,25). The van der Waals surface area contributed by atoms with E-state index in [2.05, 4.69) is 30.7 Å². The normalized spacial score (nSPS) is 11.8. The van der Waals surface area contributed by atoms with Crippen LogP contribution in [0.4, 0.5) is 0 Å². The Bertz CT molecular complexity index is 1100. The minimum absolute atomic E-state index is 0.427. The zero-order valence-electron chi connectivity index (χ0n) is 14.1. The van der Waals surface area contributed by atoms with Crippen LogP contribution < -0.4 is 17.1 Å². The van der Waals surface area contributed by atoms with Crippen molar-refractivity contribution in [1.82, 2.24) is 25.6 Å². The van der Waals surface area contributed by atoms with Crippen molar-refractivity contribution in [2.24, 2.45) is 16.8 Å². The van der Waals surface area contributed by atoms with Gasteiger partial charge >= 0.3 is 0 Å². The maximum Gasteiger partial charge on any atom is 0.209 e. The number of nitrogens with two attached hydrogens (primary N) is 2. The molecule has 4 aromatic rings. The number of aromatic amines is 1. The quantitative estimate of drug-likeness (QED) is 0.135. The lowest BCUT2D eigenvalue weighted by atomic mass is 10.1. The van der Waals surface area contributed by atoms with Crippen LogP contribution in [0, 0.1) is 0 Å². The average molecular weight is 380 g/mol. The van der Waals surface area contributed by atoms with E-state index < -0.39 is 0 Å². The number of hydrogen-bond acceptors (Lipinski definition) is 8. The van der Waals surface area contributed by atoms with Crippen molar-refractivity contribution >= 4 is 28.5 Å². The number of nitrogens with zero attached hydrogens (tertiary/aromatic N) is 4. The number of hydrazone groups is 1. The minimum Gasteiger partial charge on any atom is -0.453 e. The van der Waals surface area contributed by atoms with Crippen LogP contribution in [0.3, 0.4) is 0 Å². The zero-order chi connectivity index (χ0) is 18.6. The molecule has 10 heteroatoms. The van der Waals surface area contributed by atoms with Gasteiger partial charge in [-0.2, -0.15) is 10.1 Å². The second kappa shape index (κ2) is 7.48. The number of para-hydroxylation sites is 1. The zero-order valence-corrected chi connectivity index (χ0v) is 14.9. The molecule has 9 nitrogen and oxygen atoms in total. The van der Waals surface area contributed by atoms with Crippen LogP contribution >= 0.6 is 11.8 Å². The summed E-state index contributed by atoms with van der Waals surface area (Å²) in [7, 11) is 0. The van der Waals surface area contributed by atoms with Crippen molar-refractivity contribution in [3.05, 3.63) is 48.7 Å². The molecule has 0 aliphatic heterocycles. The predicted molar refractivity (Wildman–Crippen MR) is 104 cm³/mol. The number of rotatable bonds is 5. The third-order valence-electron chi connectivity index (χ3n) is 3.84. The number of nitrogens with one attached hydrogen (secondary N) is 2. The third-order valence-corrected chi connectivity index (χ3v) is 4.70. The smallest absolute Gasteiger partial charge is 0.209 e. The second-order valence-electron chi connectivity index (χ2n) is 5.56. The number of pyridine rings is 1. The Balaban J connectivity index is 1.54. The fraction of sp³-hybridized carbons (Fsp3) is 0.0588. The molecular formula is C17H16N8OS. The molecule has 136 valence electrons. The molecule has 0 aliphatic carbocycles. The fourth-order valence-electron chi connectivity index (χ4n) is 2.50. The largest absolute Gasteiger partial charge is 0.453 e. The van der Waals surface area contributed by atoms with E-state index in [9.17, 15) is 0 Å². The molecule has 3 aromatic heterocycles. The Hall–Kier alpha value is -3.37. The van der Waals surface area contributed by atoms with Crippen LogP contribution in [-0.2, 0) is 0 Å². The summed E-state index contributed by atoms with van der Waals surface area (Å²) < 4.78 is 5.93. The maximum absolute atomic E-state index is 5.93. The molecule has 4 rings (SSSR count). The number of hydrazine groups is 1. The van der Waals surface area contributed by atoms with E-state index in [1.807, 2.05) is 42.5 Å². The van der Waals surface area contributed by atoms with Crippen LogP contribution in [0.1, 0.15) is 0 Å². The molecule has 0 saturated carbocycles. The number of amidine groups is 1. The molecule has 0 atom stereocenters. The highest BCUT2D eigenvalue weighted by atomic mass is 32.2. The predicted octanol–water partition coefficient (Wildman–Crippen LogP) is 2.11. The van der Waals surface area contributed by atoms with Crippen molar-refractivity contribution in [1.29, 1.82) is 0 Å². The molecule has 0 spiro atoms. The highest BCUT2D eigenvalue weighted by Gasteiger charge is 2.13. The monoisotopic (exact) mass is 380 g/mol. The lowest BCUT2D eigenvalue weighted by molar-refractivity contribution is 0.592. The van der Waals surface area contributed by atoms with Crippen LogP contribution in [0.25, 0.3) is 33.8 Å². The summed E-state index contributed by atoms with van der Waals surface area (Å²) in [6, 6.07) is 13.7. The van der Waals surface area contributed by atoms with Crippen LogP contribution in [-0.4, -0.2) is 31.8 Å². The van der Waals surface area contributed by atoms with Crippen molar-refractivity contribution in [2.45, 2.75) is 5.16 Å². The minimum atomic E-state index is 0.427.